The van der Waals surface area contributed by atoms with Crippen LogP contribution >= 0.6 is 0 Å². The van der Waals surface area contributed by atoms with Crippen molar-refractivity contribution in [2.45, 2.75) is 38.5 Å². The van der Waals surface area contributed by atoms with Gasteiger partial charge in [-0.25, -0.2) is 12.7 Å². The van der Waals surface area contributed by atoms with E-state index >= 15 is 0 Å². The zero-order valence-corrected chi connectivity index (χ0v) is 17.7. The highest BCUT2D eigenvalue weighted by molar-refractivity contribution is 7.88. The molecular weight excluding hydrogens is 388 g/mol. The van der Waals surface area contributed by atoms with Gasteiger partial charge in [-0.2, -0.15) is 0 Å². The van der Waals surface area contributed by atoms with Crippen LogP contribution in [-0.2, 0) is 20.6 Å². The Balaban J connectivity index is 1.60. The summed E-state index contributed by atoms with van der Waals surface area (Å²) in [5, 5.41) is 2.90. The third kappa shape index (κ3) is 6.05. The van der Waals surface area contributed by atoms with E-state index in [-0.39, 0.29) is 30.2 Å². The predicted molar refractivity (Wildman–Crippen MR) is 114 cm³/mol. The molecule has 1 atom stereocenters. The predicted octanol–water partition coefficient (Wildman–Crippen LogP) is 3.65. The van der Waals surface area contributed by atoms with Gasteiger partial charge in [0.1, 0.15) is 5.75 Å². The second kappa shape index (κ2) is 9.41. The molecular formula is C22H28N2O4S. The van der Waals surface area contributed by atoms with E-state index in [4.69, 9.17) is 4.74 Å². The van der Waals surface area contributed by atoms with E-state index in [0.29, 0.717) is 25.1 Å². The molecule has 0 bridgehead atoms. The maximum atomic E-state index is 12.8. The monoisotopic (exact) mass is 416 g/mol. The summed E-state index contributed by atoms with van der Waals surface area (Å²) in [5.41, 5.74) is 1.43. The number of hydrogen-bond donors (Lipinski definition) is 1. The summed E-state index contributed by atoms with van der Waals surface area (Å²) in [6.45, 7) is 4.59. The molecule has 1 N–H and O–H groups in total. The molecule has 0 aromatic heterocycles. The minimum atomic E-state index is -3.46. The highest BCUT2D eigenvalue weighted by Crippen LogP contribution is 2.24. The van der Waals surface area contributed by atoms with E-state index in [1.807, 2.05) is 44.2 Å². The van der Waals surface area contributed by atoms with Crippen LogP contribution < -0.4 is 10.1 Å². The maximum Gasteiger partial charge on any atom is 0.228 e. The van der Waals surface area contributed by atoms with Gasteiger partial charge in [-0.3, -0.25) is 4.79 Å². The first-order valence-electron chi connectivity index (χ1n) is 9.93. The number of ether oxygens (including phenoxy) is 1. The molecule has 29 heavy (non-hydrogen) atoms. The molecule has 1 unspecified atom stereocenters. The third-order valence-corrected chi connectivity index (χ3v) is 6.65. The Morgan fingerprint density at radius 1 is 1.14 bits per heavy atom. The summed E-state index contributed by atoms with van der Waals surface area (Å²) in [7, 11) is -3.46. The zero-order valence-electron chi connectivity index (χ0n) is 16.9. The van der Waals surface area contributed by atoms with Crippen LogP contribution in [0.4, 0.5) is 5.69 Å². The Hall–Kier alpha value is -2.38. The van der Waals surface area contributed by atoms with E-state index in [2.05, 4.69) is 5.32 Å². The second-order valence-electron chi connectivity index (χ2n) is 7.62. The summed E-state index contributed by atoms with van der Waals surface area (Å²) in [5.74, 6) is 0.191. The van der Waals surface area contributed by atoms with Crippen molar-refractivity contribution >= 4 is 21.6 Å². The largest absolute Gasteiger partial charge is 0.491 e. The lowest BCUT2D eigenvalue weighted by Crippen LogP contribution is -2.44. The van der Waals surface area contributed by atoms with E-state index in [9.17, 15) is 13.2 Å². The normalized spacial score (nSPS) is 17.8. The Labute approximate surface area is 172 Å². The van der Waals surface area contributed by atoms with Crippen LogP contribution in [-0.4, -0.2) is 37.8 Å². The number of amides is 1. The minimum Gasteiger partial charge on any atom is -0.491 e. The summed E-state index contributed by atoms with van der Waals surface area (Å²) in [6.07, 6.45) is 1.44. The number of anilines is 1. The van der Waals surface area contributed by atoms with Crippen molar-refractivity contribution < 1.29 is 17.9 Å². The highest BCUT2D eigenvalue weighted by atomic mass is 32.2. The van der Waals surface area contributed by atoms with Gasteiger partial charge < -0.3 is 10.1 Å². The molecule has 0 aliphatic carbocycles. The fourth-order valence-corrected chi connectivity index (χ4v) is 5.03. The summed E-state index contributed by atoms with van der Waals surface area (Å²) < 4.78 is 32.6. The molecule has 156 valence electrons. The van der Waals surface area contributed by atoms with Crippen LogP contribution in [0.5, 0.6) is 5.75 Å². The van der Waals surface area contributed by atoms with Gasteiger partial charge in [-0.1, -0.05) is 30.3 Å². The van der Waals surface area contributed by atoms with Crippen molar-refractivity contribution in [1.82, 2.24) is 4.31 Å². The second-order valence-corrected chi connectivity index (χ2v) is 9.59. The van der Waals surface area contributed by atoms with Crippen LogP contribution in [0.3, 0.4) is 0 Å². The first-order valence-corrected chi connectivity index (χ1v) is 11.5. The summed E-state index contributed by atoms with van der Waals surface area (Å²) in [4.78, 5) is 12.7. The molecule has 1 amide bonds. The molecule has 1 saturated heterocycles. The van der Waals surface area contributed by atoms with Gasteiger partial charge in [0.25, 0.3) is 0 Å². The van der Waals surface area contributed by atoms with Crippen molar-refractivity contribution in [3.8, 4) is 5.75 Å². The van der Waals surface area contributed by atoms with Crippen molar-refractivity contribution in [2.75, 3.05) is 18.4 Å². The topological polar surface area (TPSA) is 75.7 Å². The summed E-state index contributed by atoms with van der Waals surface area (Å²) in [6, 6.07) is 16.3. The molecule has 1 heterocycles. The van der Waals surface area contributed by atoms with E-state index in [0.717, 1.165) is 11.3 Å². The number of sulfonamides is 1. The molecule has 7 heteroatoms. The van der Waals surface area contributed by atoms with Gasteiger partial charge >= 0.3 is 0 Å². The SMILES string of the molecule is CC(C)Oc1ccc(NC(=O)C2CCCN(S(=O)(=O)Cc3ccccc3)C2)cc1. The Morgan fingerprint density at radius 2 is 1.83 bits per heavy atom. The fraction of sp³-hybridized carbons (Fsp3) is 0.409. The fourth-order valence-electron chi connectivity index (χ4n) is 3.42. The molecule has 1 aliphatic heterocycles. The Bertz CT molecular complexity index is 912. The smallest absolute Gasteiger partial charge is 0.228 e. The van der Waals surface area contributed by atoms with E-state index in [1.165, 1.54) is 4.31 Å². The molecule has 0 saturated carbocycles. The van der Waals surface area contributed by atoms with Gasteiger partial charge in [0.05, 0.1) is 17.8 Å². The number of carbonyl (C=O) groups is 1. The lowest BCUT2D eigenvalue weighted by atomic mass is 9.99. The average molecular weight is 417 g/mol. The maximum absolute atomic E-state index is 12.8. The molecule has 1 fully saturated rings. The molecule has 2 aromatic carbocycles. The van der Waals surface area contributed by atoms with Crippen molar-refractivity contribution in [3.05, 3.63) is 60.2 Å². The van der Waals surface area contributed by atoms with Gasteiger partial charge in [0, 0.05) is 18.8 Å². The first-order chi connectivity index (χ1) is 13.8. The third-order valence-electron chi connectivity index (χ3n) is 4.83. The molecule has 2 aromatic rings. The molecule has 6 nitrogen and oxygen atoms in total. The zero-order chi connectivity index (χ0) is 20.9. The van der Waals surface area contributed by atoms with E-state index in [1.54, 1.807) is 24.3 Å². The van der Waals surface area contributed by atoms with Crippen LogP contribution in [0.2, 0.25) is 0 Å². The Morgan fingerprint density at radius 3 is 2.48 bits per heavy atom. The number of carbonyl (C=O) groups excluding carboxylic acids is 1. The quantitative estimate of drug-likeness (QED) is 0.747. The minimum absolute atomic E-state index is 0.0422. The summed E-state index contributed by atoms with van der Waals surface area (Å²) >= 11 is 0. The number of hydrogen-bond acceptors (Lipinski definition) is 4. The number of nitrogens with one attached hydrogen (secondary N) is 1. The molecule has 0 spiro atoms. The average Bonchev–Trinajstić information content (AvgIpc) is 2.69. The van der Waals surface area contributed by atoms with E-state index < -0.39 is 10.0 Å². The number of benzene rings is 2. The molecule has 0 radical (unpaired) electrons. The molecule has 3 rings (SSSR count). The Kier molecular flexibility index (Phi) is 6.92. The highest BCUT2D eigenvalue weighted by Gasteiger charge is 2.32. The molecule has 1 aliphatic rings. The first kappa shape index (κ1) is 21.3. The van der Waals surface area contributed by atoms with Gasteiger partial charge in [0.2, 0.25) is 15.9 Å². The number of piperidine rings is 1. The van der Waals surface area contributed by atoms with Crippen molar-refractivity contribution in [1.29, 1.82) is 0 Å². The lowest BCUT2D eigenvalue weighted by molar-refractivity contribution is -0.120. The van der Waals surface area contributed by atoms with Crippen molar-refractivity contribution in [3.63, 3.8) is 0 Å². The van der Waals surface area contributed by atoms with Gasteiger partial charge in [0.15, 0.2) is 0 Å². The standard InChI is InChI=1S/C22H28N2O4S/c1-17(2)28-21-12-10-20(11-13-21)23-22(25)19-9-6-14-24(15-19)29(26,27)16-18-7-4-3-5-8-18/h3-5,7-8,10-13,17,19H,6,9,14-16H2,1-2H3,(H,23,25). The van der Waals surface area contributed by atoms with Crippen molar-refractivity contribution in [2.24, 2.45) is 5.92 Å². The van der Waals surface area contributed by atoms with Gasteiger partial charge in [-0.15, -0.1) is 0 Å². The van der Waals surface area contributed by atoms with Crippen LogP contribution in [0, 0.1) is 5.92 Å². The number of nitrogens with zero attached hydrogens (tertiary/aromatic N) is 1. The van der Waals surface area contributed by atoms with Crippen LogP contribution in [0.25, 0.3) is 0 Å². The lowest BCUT2D eigenvalue weighted by Gasteiger charge is -2.31. The van der Waals surface area contributed by atoms with Crippen LogP contribution in [0.1, 0.15) is 32.3 Å². The van der Waals surface area contributed by atoms with Gasteiger partial charge in [-0.05, 0) is 56.5 Å². The number of rotatable bonds is 7. The van der Waals surface area contributed by atoms with Crippen LogP contribution in [0.15, 0.2) is 54.6 Å².